The summed E-state index contributed by atoms with van der Waals surface area (Å²) in [6, 6.07) is 16.6. The van der Waals surface area contributed by atoms with Gasteiger partial charge in [-0.25, -0.2) is 4.39 Å². The van der Waals surface area contributed by atoms with E-state index in [0.717, 1.165) is 18.4 Å². The predicted octanol–water partition coefficient (Wildman–Crippen LogP) is 3.88. The number of nitrogens with two attached hydrogens (primary N) is 1. The van der Waals surface area contributed by atoms with Crippen molar-refractivity contribution in [1.29, 1.82) is 0 Å². The van der Waals surface area contributed by atoms with Gasteiger partial charge in [0.15, 0.2) is 0 Å². The van der Waals surface area contributed by atoms with E-state index in [1.807, 2.05) is 24.3 Å². The van der Waals surface area contributed by atoms with Gasteiger partial charge in [-0.1, -0.05) is 42.5 Å². The fourth-order valence-corrected chi connectivity index (χ4v) is 1.87. The van der Waals surface area contributed by atoms with E-state index in [4.69, 9.17) is 5.73 Å². The Kier molecular flexibility index (Phi) is 5.83. The molecule has 1 atom stereocenters. The highest BCUT2D eigenvalue weighted by molar-refractivity contribution is 5.85. The molecule has 0 saturated carbocycles. The van der Waals surface area contributed by atoms with Crippen LogP contribution in [0.5, 0.6) is 0 Å². The van der Waals surface area contributed by atoms with Gasteiger partial charge in [-0.05, 0) is 36.1 Å². The molecule has 2 aromatic carbocycles. The molecule has 96 valence electrons. The molecule has 18 heavy (non-hydrogen) atoms. The van der Waals surface area contributed by atoms with Gasteiger partial charge in [-0.3, -0.25) is 0 Å². The van der Waals surface area contributed by atoms with Gasteiger partial charge in [0, 0.05) is 6.04 Å². The highest BCUT2D eigenvalue weighted by Gasteiger charge is 2.06. The van der Waals surface area contributed by atoms with Gasteiger partial charge in [-0.2, -0.15) is 0 Å². The molecule has 0 heterocycles. The van der Waals surface area contributed by atoms with Crippen molar-refractivity contribution >= 4 is 12.4 Å². The van der Waals surface area contributed by atoms with E-state index in [1.165, 1.54) is 17.7 Å². The lowest BCUT2D eigenvalue weighted by Gasteiger charge is -2.12. The van der Waals surface area contributed by atoms with Crippen LogP contribution in [0.25, 0.3) is 0 Å². The molecule has 0 spiro atoms. The lowest BCUT2D eigenvalue weighted by molar-refractivity contribution is 0.609. The van der Waals surface area contributed by atoms with Crippen LogP contribution in [0, 0.1) is 5.82 Å². The topological polar surface area (TPSA) is 26.0 Å². The van der Waals surface area contributed by atoms with Crippen molar-refractivity contribution in [2.24, 2.45) is 5.73 Å². The third-order valence-electron chi connectivity index (χ3n) is 2.86. The van der Waals surface area contributed by atoms with Crippen LogP contribution in [0.2, 0.25) is 0 Å². The van der Waals surface area contributed by atoms with Crippen LogP contribution >= 0.6 is 12.4 Å². The minimum absolute atomic E-state index is 0. The molecule has 0 aliphatic heterocycles. The third kappa shape index (κ3) is 4.13. The Morgan fingerprint density at radius 2 is 1.72 bits per heavy atom. The molecule has 0 bridgehead atoms. The number of halogens is 2. The zero-order valence-corrected chi connectivity index (χ0v) is 10.9. The van der Waals surface area contributed by atoms with Gasteiger partial charge < -0.3 is 5.73 Å². The Balaban J connectivity index is 0.00000162. The smallest absolute Gasteiger partial charge is 0.123 e. The summed E-state index contributed by atoms with van der Waals surface area (Å²) >= 11 is 0. The first-order valence-electron chi connectivity index (χ1n) is 5.80. The molecule has 2 N–H and O–H groups in total. The van der Waals surface area contributed by atoms with E-state index in [2.05, 4.69) is 12.1 Å². The second kappa shape index (κ2) is 7.14. The van der Waals surface area contributed by atoms with Gasteiger partial charge in [0.25, 0.3) is 0 Å². The average Bonchev–Trinajstić information content (AvgIpc) is 2.37. The standard InChI is InChI=1S/C15H16FN.ClH/c16-14-8-4-7-13(11-14)15(17)10-9-12-5-2-1-3-6-12;/h1-8,11,15H,9-10,17H2;1H. The van der Waals surface area contributed by atoms with E-state index >= 15 is 0 Å². The third-order valence-corrected chi connectivity index (χ3v) is 2.86. The summed E-state index contributed by atoms with van der Waals surface area (Å²) in [7, 11) is 0. The first-order chi connectivity index (χ1) is 8.25. The number of aryl methyl sites for hydroxylation is 1. The Morgan fingerprint density at radius 1 is 1.00 bits per heavy atom. The minimum Gasteiger partial charge on any atom is -0.324 e. The second-order valence-corrected chi connectivity index (χ2v) is 4.19. The maximum Gasteiger partial charge on any atom is 0.123 e. The van der Waals surface area contributed by atoms with Crippen LogP contribution in [0.1, 0.15) is 23.6 Å². The molecule has 2 aromatic rings. The van der Waals surface area contributed by atoms with Crippen molar-refractivity contribution in [1.82, 2.24) is 0 Å². The lowest BCUT2D eigenvalue weighted by atomic mass is 10.00. The van der Waals surface area contributed by atoms with E-state index in [0.29, 0.717) is 0 Å². The first-order valence-corrected chi connectivity index (χ1v) is 5.80. The highest BCUT2D eigenvalue weighted by Crippen LogP contribution is 2.17. The quantitative estimate of drug-likeness (QED) is 0.892. The van der Waals surface area contributed by atoms with Crippen molar-refractivity contribution in [3.8, 4) is 0 Å². The van der Waals surface area contributed by atoms with Crippen molar-refractivity contribution in [2.75, 3.05) is 0 Å². The van der Waals surface area contributed by atoms with E-state index in [1.54, 1.807) is 6.07 Å². The predicted molar refractivity (Wildman–Crippen MR) is 75.3 cm³/mol. The summed E-state index contributed by atoms with van der Waals surface area (Å²) < 4.78 is 13.0. The van der Waals surface area contributed by atoms with Crippen LogP contribution in [-0.2, 0) is 6.42 Å². The van der Waals surface area contributed by atoms with Crippen LogP contribution in [-0.4, -0.2) is 0 Å². The van der Waals surface area contributed by atoms with Gasteiger partial charge >= 0.3 is 0 Å². The van der Waals surface area contributed by atoms with Crippen LogP contribution in [0.15, 0.2) is 54.6 Å². The van der Waals surface area contributed by atoms with Crippen molar-refractivity contribution < 1.29 is 4.39 Å². The molecular weight excluding hydrogens is 249 g/mol. The van der Waals surface area contributed by atoms with Gasteiger partial charge in [0.1, 0.15) is 5.82 Å². The van der Waals surface area contributed by atoms with E-state index in [-0.39, 0.29) is 24.3 Å². The molecular formula is C15H17ClFN. The molecule has 0 amide bonds. The number of rotatable bonds is 4. The van der Waals surface area contributed by atoms with Crippen molar-refractivity contribution in [3.05, 3.63) is 71.5 Å². The first kappa shape index (κ1) is 14.7. The summed E-state index contributed by atoms with van der Waals surface area (Å²) in [4.78, 5) is 0. The normalized spacial score (nSPS) is 11.7. The Morgan fingerprint density at radius 3 is 2.39 bits per heavy atom. The van der Waals surface area contributed by atoms with Crippen molar-refractivity contribution in [3.63, 3.8) is 0 Å². The molecule has 1 unspecified atom stereocenters. The largest absolute Gasteiger partial charge is 0.324 e. The fraction of sp³-hybridized carbons (Fsp3) is 0.200. The van der Waals surface area contributed by atoms with Gasteiger partial charge in [-0.15, -0.1) is 12.4 Å². The van der Waals surface area contributed by atoms with Gasteiger partial charge in [0.05, 0.1) is 0 Å². The maximum absolute atomic E-state index is 13.0. The molecule has 0 aromatic heterocycles. The van der Waals surface area contributed by atoms with E-state index in [9.17, 15) is 4.39 Å². The van der Waals surface area contributed by atoms with Crippen LogP contribution in [0.3, 0.4) is 0 Å². The maximum atomic E-state index is 13.0. The SMILES string of the molecule is Cl.NC(CCc1ccccc1)c1cccc(F)c1. The summed E-state index contributed by atoms with van der Waals surface area (Å²) in [6.07, 6.45) is 1.74. The second-order valence-electron chi connectivity index (χ2n) is 4.19. The highest BCUT2D eigenvalue weighted by atomic mass is 35.5. The lowest BCUT2D eigenvalue weighted by Crippen LogP contribution is -2.11. The zero-order chi connectivity index (χ0) is 12.1. The van der Waals surface area contributed by atoms with E-state index < -0.39 is 0 Å². The Hall–Kier alpha value is -1.38. The Labute approximate surface area is 113 Å². The number of hydrogen-bond acceptors (Lipinski definition) is 1. The monoisotopic (exact) mass is 265 g/mol. The van der Waals surface area contributed by atoms with Crippen LogP contribution < -0.4 is 5.73 Å². The molecule has 0 aliphatic rings. The number of hydrogen-bond donors (Lipinski definition) is 1. The minimum atomic E-state index is -0.224. The molecule has 3 heteroatoms. The fourth-order valence-electron chi connectivity index (χ4n) is 1.87. The number of benzene rings is 2. The molecule has 0 fully saturated rings. The molecule has 0 saturated heterocycles. The zero-order valence-electron chi connectivity index (χ0n) is 10.1. The summed E-state index contributed by atoms with van der Waals surface area (Å²) in [5, 5.41) is 0. The van der Waals surface area contributed by atoms with Gasteiger partial charge in [0.2, 0.25) is 0 Å². The average molecular weight is 266 g/mol. The molecule has 0 radical (unpaired) electrons. The Bertz CT molecular complexity index is 473. The molecule has 2 rings (SSSR count). The summed E-state index contributed by atoms with van der Waals surface area (Å²) in [5.74, 6) is -0.224. The van der Waals surface area contributed by atoms with Crippen LogP contribution in [0.4, 0.5) is 4.39 Å². The summed E-state index contributed by atoms with van der Waals surface area (Å²) in [5.41, 5.74) is 8.17. The molecule has 0 aliphatic carbocycles. The molecule has 1 nitrogen and oxygen atoms in total. The summed E-state index contributed by atoms with van der Waals surface area (Å²) in [6.45, 7) is 0. The van der Waals surface area contributed by atoms with Crippen molar-refractivity contribution in [2.45, 2.75) is 18.9 Å².